The third-order valence-electron chi connectivity index (χ3n) is 12.2. The smallest absolute Gasteiger partial charge is 0.306 e. The average molecular weight is 998 g/mol. The minimum absolute atomic E-state index is 0.109. The number of esters is 3. The Morgan fingerprint density at radius 3 is 1.04 bits per heavy atom. The van der Waals surface area contributed by atoms with Crippen LogP contribution < -0.4 is 0 Å². The SMILES string of the molecule is CC/C=C\C/C=C\C/C=C\CCCCCCCCCCCC(=O)OCC(COC(=O)CCC/C=C\C/C=C\C/C=C\C/C=C\CCCCC)OC(=O)CCCCCCC\C=C/C=C\C=C/CCCCCCC. The fourth-order valence-electron chi connectivity index (χ4n) is 7.80. The van der Waals surface area contributed by atoms with Crippen molar-refractivity contribution in [1.29, 1.82) is 0 Å². The van der Waals surface area contributed by atoms with Crippen LogP contribution in [0.3, 0.4) is 0 Å². The molecule has 0 fully saturated rings. The summed E-state index contributed by atoms with van der Waals surface area (Å²) in [4.78, 5) is 38.2. The van der Waals surface area contributed by atoms with E-state index in [9.17, 15) is 14.4 Å². The molecule has 0 aliphatic heterocycles. The van der Waals surface area contributed by atoms with Gasteiger partial charge in [0.25, 0.3) is 0 Å². The third kappa shape index (κ3) is 56.7. The van der Waals surface area contributed by atoms with Crippen LogP contribution in [-0.2, 0) is 28.6 Å². The summed E-state index contributed by atoms with van der Waals surface area (Å²) in [5, 5.41) is 0. The molecule has 6 nitrogen and oxygen atoms in total. The van der Waals surface area contributed by atoms with Gasteiger partial charge in [-0.3, -0.25) is 14.4 Å². The Labute approximate surface area is 443 Å². The van der Waals surface area contributed by atoms with Crippen molar-refractivity contribution in [3.8, 4) is 0 Å². The summed E-state index contributed by atoms with van der Waals surface area (Å²) in [5.41, 5.74) is 0. The zero-order valence-electron chi connectivity index (χ0n) is 46.7. The summed E-state index contributed by atoms with van der Waals surface area (Å²) >= 11 is 0. The van der Waals surface area contributed by atoms with Crippen LogP contribution in [0.15, 0.2) is 122 Å². The van der Waals surface area contributed by atoms with Crippen LogP contribution in [-0.4, -0.2) is 37.2 Å². The summed E-state index contributed by atoms with van der Waals surface area (Å²) in [6.45, 7) is 6.42. The third-order valence-corrected chi connectivity index (χ3v) is 12.2. The predicted molar refractivity (Wildman–Crippen MR) is 311 cm³/mol. The van der Waals surface area contributed by atoms with Gasteiger partial charge in [-0.2, -0.15) is 0 Å². The van der Waals surface area contributed by atoms with Crippen molar-refractivity contribution in [1.82, 2.24) is 0 Å². The van der Waals surface area contributed by atoms with Gasteiger partial charge >= 0.3 is 17.9 Å². The number of ether oxygens (including phenoxy) is 3. The second kappa shape index (κ2) is 59.4. The van der Waals surface area contributed by atoms with Crippen LogP contribution in [0.2, 0.25) is 0 Å². The van der Waals surface area contributed by atoms with E-state index in [1.807, 2.05) is 0 Å². The fourth-order valence-corrected chi connectivity index (χ4v) is 7.80. The Balaban J connectivity index is 4.53. The van der Waals surface area contributed by atoms with Gasteiger partial charge in [0.05, 0.1) is 0 Å². The second-order valence-electron chi connectivity index (χ2n) is 19.2. The van der Waals surface area contributed by atoms with Gasteiger partial charge in [0, 0.05) is 19.3 Å². The highest BCUT2D eigenvalue weighted by Crippen LogP contribution is 2.14. The molecule has 1 unspecified atom stereocenters. The maximum Gasteiger partial charge on any atom is 0.306 e. The van der Waals surface area contributed by atoms with Crippen molar-refractivity contribution in [3.05, 3.63) is 122 Å². The van der Waals surface area contributed by atoms with Crippen LogP contribution in [0.5, 0.6) is 0 Å². The molecule has 0 saturated heterocycles. The van der Waals surface area contributed by atoms with Gasteiger partial charge in [0.2, 0.25) is 0 Å². The molecular weight excluding hydrogens is 889 g/mol. The predicted octanol–water partition coefficient (Wildman–Crippen LogP) is 20.0. The van der Waals surface area contributed by atoms with Gasteiger partial charge in [-0.25, -0.2) is 0 Å². The van der Waals surface area contributed by atoms with E-state index in [4.69, 9.17) is 14.2 Å². The lowest BCUT2D eigenvalue weighted by atomic mass is 10.1. The molecule has 0 amide bonds. The molecule has 0 bridgehead atoms. The van der Waals surface area contributed by atoms with E-state index in [1.165, 1.54) is 96.3 Å². The molecular formula is C66H108O6. The summed E-state index contributed by atoms with van der Waals surface area (Å²) in [7, 11) is 0. The number of hydrogen-bond acceptors (Lipinski definition) is 6. The maximum absolute atomic E-state index is 12.9. The van der Waals surface area contributed by atoms with E-state index in [-0.39, 0.29) is 44.0 Å². The van der Waals surface area contributed by atoms with Crippen molar-refractivity contribution < 1.29 is 28.6 Å². The largest absolute Gasteiger partial charge is 0.462 e. The van der Waals surface area contributed by atoms with Crippen molar-refractivity contribution in [2.45, 2.75) is 264 Å². The number of rotatable bonds is 52. The first-order valence-electron chi connectivity index (χ1n) is 29.6. The molecule has 1 atom stereocenters. The van der Waals surface area contributed by atoms with Crippen molar-refractivity contribution in [2.75, 3.05) is 13.2 Å². The fraction of sp³-hybridized carbons (Fsp3) is 0.652. The Morgan fingerprint density at radius 1 is 0.306 bits per heavy atom. The van der Waals surface area contributed by atoms with Gasteiger partial charge in [0.1, 0.15) is 13.2 Å². The molecule has 0 aromatic heterocycles. The van der Waals surface area contributed by atoms with E-state index in [1.54, 1.807) is 0 Å². The first-order valence-corrected chi connectivity index (χ1v) is 29.6. The molecule has 0 aliphatic rings. The molecule has 0 saturated carbocycles. The minimum atomic E-state index is -0.818. The molecule has 0 aromatic rings. The Kier molecular flexibility index (Phi) is 55.9. The quantitative estimate of drug-likeness (QED) is 0.0199. The second-order valence-corrected chi connectivity index (χ2v) is 19.2. The topological polar surface area (TPSA) is 78.9 Å². The average Bonchev–Trinajstić information content (AvgIpc) is 3.38. The van der Waals surface area contributed by atoms with Gasteiger partial charge in [-0.1, -0.05) is 245 Å². The first kappa shape index (κ1) is 67.8. The van der Waals surface area contributed by atoms with E-state index in [0.717, 1.165) is 116 Å². The van der Waals surface area contributed by atoms with Crippen LogP contribution in [0.25, 0.3) is 0 Å². The Bertz CT molecular complexity index is 1520. The van der Waals surface area contributed by atoms with Crippen LogP contribution in [0.4, 0.5) is 0 Å². The molecule has 0 N–H and O–H groups in total. The molecule has 0 heterocycles. The number of allylic oxidation sites excluding steroid dienone is 20. The lowest BCUT2D eigenvalue weighted by molar-refractivity contribution is -0.167. The molecule has 72 heavy (non-hydrogen) atoms. The molecule has 6 heteroatoms. The zero-order valence-corrected chi connectivity index (χ0v) is 46.7. The summed E-state index contributed by atoms with van der Waals surface area (Å²) in [5.74, 6) is -0.993. The normalized spacial score (nSPS) is 13.0. The van der Waals surface area contributed by atoms with Gasteiger partial charge in [0.15, 0.2) is 6.10 Å². The van der Waals surface area contributed by atoms with Gasteiger partial charge in [-0.05, 0) is 116 Å². The standard InChI is InChI=1S/C66H108O6/c1-4-7-10-13-16-19-22-25-28-31-33-36-38-41-44-47-50-53-56-59-65(68)71-62-63(61-70-64(67)58-55-52-49-46-43-40-37-34-30-27-24-21-18-15-12-9-6-3)72-66(69)60-57-54-51-48-45-42-39-35-32-29-26-23-20-17-14-11-8-5-2/h7,10,16,18-19,21,23,25-30,32,35,37,39-40,46,49,63H,4-6,8-9,11-15,17,20,22,24,31,33-34,36,38,41-45,47-48,50-62H2,1-3H3/b10-7-,19-16-,21-18-,26-23-,28-25-,30-27-,32-29-,39-35-,40-37-,49-46-. The van der Waals surface area contributed by atoms with Gasteiger partial charge in [-0.15, -0.1) is 0 Å². The number of carbonyl (C=O) groups is 3. The van der Waals surface area contributed by atoms with Crippen molar-refractivity contribution >= 4 is 17.9 Å². The van der Waals surface area contributed by atoms with Crippen LogP contribution in [0, 0.1) is 0 Å². The Hall–Kier alpha value is -4.19. The summed E-state index contributed by atoms with van der Waals surface area (Å²) in [6, 6.07) is 0. The minimum Gasteiger partial charge on any atom is -0.462 e. The van der Waals surface area contributed by atoms with Crippen LogP contribution in [0.1, 0.15) is 258 Å². The van der Waals surface area contributed by atoms with Crippen molar-refractivity contribution in [2.24, 2.45) is 0 Å². The molecule has 408 valence electrons. The lowest BCUT2D eigenvalue weighted by Crippen LogP contribution is -2.30. The highest BCUT2D eigenvalue weighted by molar-refractivity contribution is 5.71. The highest BCUT2D eigenvalue weighted by Gasteiger charge is 2.19. The summed E-state index contributed by atoms with van der Waals surface area (Å²) < 4.78 is 16.8. The molecule has 0 aliphatic carbocycles. The molecule has 0 aromatic carbocycles. The van der Waals surface area contributed by atoms with Crippen molar-refractivity contribution in [3.63, 3.8) is 0 Å². The zero-order chi connectivity index (χ0) is 52.2. The Morgan fingerprint density at radius 2 is 0.611 bits per heavy atom. The first-order chi connectivity index (χ1) is 35.5. The number of unbranched alkanes of at least 4 members (excludes halogenated alkanes) is 23. The van der Waals surface area contributed by atoms with Crippen LogP contribution >= 0.6 is 0 Å². The van der Waals surface area contributed by atoms with Gasteiger partial charge < -0.3 is 14.2 Å². The molecule has 0 radical (unpaired) electrons. The van der Waals surface area contributed by atoms with E-state index in [0.29, 0.717) is 12.8 Å². The maximum atomic E-state index is 12.9. The number of hydrogen-bond donors (Lipinski definition) is 0. The molecule has 0 rings (SSSR count). The van der Waals surface area contributed by atoms with E-state index >= 15 is 0 Å². The highest BCUT2D eigenvalue weighted by atomic mass is 16.6. The molecule has 0 spiro atoms. The number of carbonyl (C=O) groups excluding carboxylic acids is 3. The monoisotopic (exact) mass is 997 g/mol. The van der Waals surface area contributed by atoms with E-state index in [2.05, 4.69) is 142 Å². The van der Waals surface area contributed by atoms with E-state index < -0.39 is 6.10 Å². The lowest BCUT2D eigenvalue weighted by Gasteiger charge is -2.18. The summed E-state index contributed by atoms with van der Waals surface area (Å²) in [6.07, 6.45) is 81.9.